The summed E-state index contributed by atoms with van der Waals surface area (Å²) in [6.45, 7) is -0.490. The Morgan fingerprint density at radius 1 is 1.20 bits per heavy atom. The van der Waals surface area contributed by atoms with Crippen molar-refractivity contribution in [1.82, 2.24) is 10.6 Å². The zero-order valence-electron chi connectivity index (χ0n) is 10.8. The van der Waals surface area contributed by atoms with E-state index in [-0.39, 0.29) is 38.3 Å². The molecule has 1 rings (SSSR count). The fraction of sp³-hybridized carbons (Fsp3) is 0.818. The second-order valence-corrected chi connectivity index (χ2v) is 4.65. The van der Waals surface area contributed by atoms with Crippen molar-refractivity contribution in [3.63, 3.8) is 0 Å². The summed E-state index contributed by atoms with van der Waals surface area (Å²) < 4.78 is 37.7. The van der Waals surface area contributed by atoms with Crippen molar-refractivity contribution in [2.45, 2.75) is 37.9 Å². The highest BCUT2D eigenvalue weighted by molar-refractivity contribution is 5.85. The van der Waals surface area contributed by atoms with Crippen LogP contribution in [-0.2, 0) is 9.59 Å². The van der Waals surface area contributed by atoms with E-state index in [9.17, 15) is 22.8 Å². The van der Waals surface area contributed by atoms with Crippen molar-refractivity contribution >= 4 is 24.2 Å². The molecule has 4 N–H and O–H groups in total. The highest BCUT2D eigenvalue weighted by Gasteiger charge is 2.42. The third-order valence-electron chi connectivity index (χ3n) is 3.13. The van der Waals surface area contributed by atoms with E-state index in [4.69, 9.17) is 5.73 Å². The van der Waals surface area contributed by atoms with Gasteiger partial charge in [0.2, 0.25) is 11.8 Å². The van der Waals surface area contributed by atoms with Gasteiger partial charge in [-0.3, -0.25) is 9.59 Å². The Labute approximate surface area is 121 Å². The van der Waals surface area contributed by atoms with E-state index in [2.05, 4.69) is 10.6 Å². The minimum Gasteiger partial charge on any atom is -0.352 e. The fourth-order valence-electron chi connectivity index (χ4n) is 2.15. The van der Waals surface area contributed by atoms with Crippen LogP contribution in [0.1, 0.15) is 25.7 Å². The van der Waals surface area contributed by atoms with Crippen LogP contribution in [0.4, 0.5) is 13.2 Å². The van der Waals surface area contributed by atoms with Gasteiger partial charge >= 0.3 is 6.18 Å². The van der Waals surface area contributed by atoms with Crippen LogP contribution in [0.3, 0.4) is 0 Å². The van der Waals surface area contributed by atoms with Gasteiger partial charge in [0, 0.05) is 6.04 Å². The van der Waals surface area contributed by atoms with E-state index in [0.29, 0.717) is 12.8 Å². The van der Waals surface area contributed by atoms with Crippen LogP contribution in [0.2, 0.25) is 0 Å². The van der Waals surface area contributed by atoms with Crippen molar-refractivity contribution in [2.75, 3.05) is 13.1 Å². The van der Waals surface area contributed by atoms with Gasteiger partial charge < -0.3 is 16.4 Å². The molecule has 0 aromatic heterocycles. The Morgan fingerprint density at radius 2 is 1.85 bits per heavy atom. The molecule has 0 radical (unpaired) electrons. The fourth-order valence-corrected chi connectivity index (χ4v) is 2.15. The lowest BCUT2D eigenvalue weighted by molar-refractivity contribution is -0.184. The number of carbonyl (C=O) groups is 2. The first kappa shape index (κ1) is 19.0. The average Bonchev–Trinajstić information content (AvgIpc) is 2.35. The van der Waals surface area contributed by atoms with Gasteiger partial charge in [0.05, 0.1) is 19.0 Å². The normalized spacial score (nSPS) is 22.6. The van der Waals surface area contributed by atoms with E-state index in [0.717, 1.165) is 0 Å². The SMILES string of the molecule is Cl.NCC(=O)NCC(=O)NC1CCCC(C(F)(F)F)C1. The van der Waals surface area contributed by atoms with E-state index in [1.54, 1.807) is 0 Å². The Morgan fingerprint density at radius 3 is 2.40 bits per heavy atom. The molecule has 1 saturated carbocycles. The summed E-state index contributed by atoms with van der Waals surface area (Å²) in [6.07, 6.45) is -3.23. The second-order valence-electron chi connectivity index (χ2n) is 4.65. The lowest BCUT2D eigenvalue weighted by atomic mass is 9.85. The molecule has 0 spiro atoms. The largest absolute Gasteiger partial charge is 0.391 e. The van der Waals surface area contributed by atoms with Crippen molar-refractivity contribution in [3.8, 4) is 0 Å². The molecule has 0 saturated heterocycles. The molecule has 20 heavy (non-hydrogen) atoms. The van der Waals surface area contributed by atoms with Crippen molar-refractivity contribution in [1.29, 1.82) is 0 Å². The molecule has 2 amide bonds. The van der Waals surface area contributed by atoms with E-state index < -0.39 is 30.0 Å². The van der Waals surface area contributed by atoms with Crippen LogP contribution in [0, 0.1) is 5.92 Å². The van der Waals surface area contributed by atoms with Crippen LogP contribution >= 0.6 is 12.4 Å². The second kappa shape index (κ2) is 8.31. The van der Waals surface area contributed by atoms with Gasteiger partial charge in [-0.1, -0.05) is 6.42 Å². The van der Waals surface area contributed by atoms with Gasteiger partial charge in [-0.2, -0.15) is 13.2 Å². The number of amides is 2. The number of hydrogen-bond donors (Lipinski definition) is 3. The molecule has 2 unspecified atom stereocenters. The molecular weight excluding hydrogens is 299 g/mol. The third kappa shape index (κ3) is 6.42. The first-order valence-electron chi connectivity index (χ1n) is 6.15. The number of nitrogens with one attached hydrogen (secondary N) is 2. The summed E-state index contributed by atoms with van der Waals surface area (Å²) in [6, 6.07) is -0.484. The molecular formula is C11H19ClF3N3O2. The Kier molecular flexibility index (Phi) is 7.88. The summed E-state index contributed by atoms with van der Waals surface area (Å²) in [4.78, 5) is 22.3. The Balaban J connectivity index is 0.00000361. The van der Waals surface area contributed by atoms with Crippen LogP contribution in [-0.4, -0.2) is 37.1 Å². The molecule has 0 aromatic rings. The summed E-state index contributed by atoms with van der Waals surface area (Å²) in [5, 5.41) is 4.77. The summed E-state index contributed by atoms with van der Waals surface area (Å²) >= 11 is 0. The molecule has 1 aliphatic rings. The maximum absolute atomic E-state index is 12.6. The van der Waals surface area contributed by atoms with Crippen LogP contribution in [0.15, 0.2) is 0 Å². The quantitative estimate of drug-likeness (QED) is 0.714. The Hall–Kier alpha value is -1.02. The van der Waals surface area contributed by atoms with Crippen LogP contribution in [0.25, 0.3) is 0 Å². The average molecular weight is 318 g/mol. The lowest BCUT2D eigenvalue weighted by Crippen LogP contribution is -2.46. The monoisotopic (exact) mass is 317 g/mol. The zero-order chi connectivity index (χ0) is 14.5. The third-order valence-corrected chi connectivity index (χ3v) is 3.13. The number of halogens is 4. The summed E-state index contributed by atoms with van der Waals surface area (Å²) in [7, 11) is 0. The first-order valence-corrected chi connectivity index (χ1v) is 6.15. The van der Waals surface area contributed by atoms with E-state index in [1.165, 1.54) is 0 Å². The van der Waals surface area contributed by atoms with Crippen LogP contribution in [0.5, 0.6) is 0 Å². The molecule has 2 atom stereocenters. The molecule has 0 aromatic carbocycles. The minimum atomic E-state index is -4.21. The van der Waals surface area contributed by atoms with Gasteiger partial charge in [-0.15, -0.1) is 12.4 Å². The maximum Gasteiger partial charge on any atom is 0.391 e. The number of carbonyl (C=O) groups excluding carboxylic acids is 2. The zero-order valence-corrected chi connectivity index (χ0v) is 11.6. The summed E-state index contributed by atoms with van der Waals surface area (Å²) in [5.41, 5.74) is 5.04. The lowest BCUT2D eigenvalue weighted by Gasteiger charge is -2.31. The molecule has 0 heterocycles. The standard InChI is InChI=1S/C11H18F3N3O2.ClH/c12-11(13,14)7-2-1-3-8(4-7)17-10(19)6-16-9(18)5-15;/h7-8H,1-6,15H2,(H,16,18)(H,17,19);1H. The number of hydrogen-bond acceptors (Lipinski definition) is 3. The summed E-state index contributed by atoms with van der Waals surface area (Å²) in [5.74, 6) is -2.33. The van der Waals surface area contributed by atoms with Gasteiger partial charge in [-0.25, -0.2) is 0 Å². The number of rotatable bonds is 4. The van der Waals surface area contributed by atoms with Crippen LogP contribution < -0.4 is 16.4 Å². The molecule has 0 aliphatic heterocycles. The van der Waals surface area contributed by atoms with Crippen molar-refractivity contribution in [3.05, 3.63) is 0 Å². The van der Waals surface area contributed by atoms with E-state index in [1.807, 2.05) is 0 Å². The minimum absolute atomic E-state index is 0. The highest BCUT2D eigenvalue weighted by Crippen LogP contribution is 2.37. The Bertz CT molecular complexity index is 339. The first-order chi connectivity index (χ1) is 8.82. The highest BCUT2D eigenvalue weighted by atomic mass is 35.5. The maximum atomic E-state index is 12.6. The molecule has 5 nitrogen and oxygen atoms in total. The molecule has 1 fully saturated rings. The molecule has 0 bridgehead atoms. The predicted molar refractivity (Wildman–Crippen MR) is 69.3 cm³/mol. The number of alkyl halides is 3. The predicted octanol–water partition coefficient (Wildman–Crippen LogP) is 0.720. The molecule has 118 valence electrons. The van der Waals surface area contributed by atoms with Gasteiger partial charge in [0.15, 0.2) is 0 Å². The van der Waals surface area contributed by atoms with E-state index >= 15 is 0 Å². The molecule has 1 aliphatic carbocycles. The number of nitrogens with two attached hydrogens (primary N) is 1. The van der Waals surface area contributed by atoms with Crippen molar-refractivity contribution < 1.29 is 22.8 Å². The topological polar surface area (TPSA) is 84.2 Å². The van der Waals surface area contributed by atoms with Gasteiger partial charge in [0.1, 0.15) is 0 Å². The molecule has 9 heteroatoms. The smallest absolute Gasteiger partial charge is 0.352 e. The van der Waals surface area contributed by atoms with Gasteiger partial charge in [0.25, 0.3) is 0 Å². The van der Waals surface area contributed by atoms with Crippen molar-refractivity contribution in [2.24, 2.45) is 11.7 Å². The van der Waals surface area contributed by atoms with Gasteiger partial charge in [-0.05, 0) is 19.3 Å².